The van der Waals surface area contributed by atoms with Gasteiger partial charge in [0.2, 0.25) is 0 Å². The number of rotatable bonds is 4. The van der Waals surface area contributed by atoms with Gasteiger partial charge in [-0.3, -0.25) is 4.90 Å². The number of benzene rings is 1. The molecule has 19 heavy (non-hydrogen) atoms. The fourth-order valence-corrected chi connectivity index (χ4v) is 3.08. The highest BCUT2D eigenvalue weighted by Crippen LogP contribution is 2.27. The van der Waals surface area contributed by atoms with Crippen LogP contribution >= 0.6 is 11.6 Å². The van der Waals surface area contributed by atoms with Gasteiger partial charge in [-0.25, -0.2) is 0 Å². The third-order valence-corrected chi connectivity index (χ3v) is 4.12. The van der Waals surface area contributed by atoms with E-state index in [0.29, 0.717) is 10.8 Å². The van der Waals surface area contributed by atoms with Crippen LogP contribution in [0.25, 0.3) is 0 Å². The predicted molar refractivity (Wildman–Crippen MR) is 77.7 cm³/mol. The van der Waals surface area contributed by atoms with Crippen LogP contribution in [0.15, 0.2) is 18.2 Å². The summed E-state index contributed by atoms with van der Waals surface area (Å²) in [5.41, 5.74) is 1.17. The standard InChI is InChI=1S/C15H22ClNO2/c1-11(18)14-5-3-4-8-17(14)10-12-6-7-15(19-2)13(16)9-12/h6-7,9,11,14,18H,3-5,8,10H2,1-2H3. The molecule has 0 bridgehead atoms. The van der Waals surface area contributed by atoms with Crippen molar-refractivity contribution in [2.24, 2.45) is 0 Å². The van der Waals surface area contributed by atoms with Crippen molar-refractivity contribution in [2.75, 3.05) is 13.7 Å². The second-order valence-corrected chi connectivity index (χ2v) is 5.65. The highest BCUT2D eigenvalue weighted by atomic mass is 35.5. The summed E-state index contributed by atoms with van der Waals surface area (Å²) in [6.07, 6.45) is 3.19. The van der Waals surface area contributed by atoms with Crippen LogP contribution in [0.3, 0.4) is 0 Å². The molecule has 0 spiro atoms. The molecule has 1 heterocycles. The van der Waals surface area contributed by atoms with E-state index in [-0.39, 0.29) is 12.1 Å². The third-order valence-electron chi connectivity index (χ3n) is 3.82. The van der Waals surface area contributed by atoms with Crippen molar-refractivity contribution in [3.05, 3.63) is 28.8 Å². The lowest BCUT2D eigenvalue weighted by molar-refractivity contribution is 0.0317. The number of aliphatic hydroxyl groups excluding tert-OH is 1. The highest BCUT2D eigenvalue weighted by molar-refractivity contribution is 6.32. The summed E-state index contributed by atoms with van der Waals surface area (Å²) in [4.78, 5) is 2.35. The van der Waals surface area contributed by atoms with Gasteiger partial charge in [0, 0.05) is 12.6 Å². The van der Waals surface area contributed by atoms with E-state index in [9.17, 15) is 5.11 Å². The Hall–Kier alpha value is -0.770. The summed E-state index contributed by atoms with van der Waals surface area (Å²) in [6, 6.07) is 6.15. The maximum Gasteiger partial charge on any atom is 0.137 e. The van der Waals surface area contributed by atoms with Crippen LogP contribution in [-0.2, 0) is 6.54 Å². The van der Waals surface area contributed by atoms with Crippen LogP contribution in [0.5, 0.6) is 5.75 Å². The Morgan fingerprint density at radius 2 is 2.26 bits per heavy atom. The lowest BCUT2D eigenvalue weighted by Gasteiger charge is -2.37. The molecule has 3 nitrogen and oxygen atoms in total. The van der Waals surface area contributed by atoms with E-state index in [1.54, 1.807) is 7.11 Å². The third kappa shape index (κ3) is 3.62. The predicted octanol–water partition coefficient (Wildman–Crippen LogP) is 3.08. The van der Waals surface area contributed by atoms with Gasteiger partial charge >= 0.3 is 0 Å². The van der Waals surface area contributed by atoms with Crippen molar-refractivity contribution in [3.63, 3.8) is 0 Å². The Bertz CT molecular complexity index is 423. The van der Waals surface area contributed by atoms with Gasteiger partial charge in [-0.15, -0.1) is 0 Å². The van der Waals surface area contributed by atoms with Gasteiger partial charge in [-0.1, -0.05) is 24.1 Å². The lowest BCUT2D eigenvalue weighted by Crippen LogP contribution is -2.45. The minimum Gasteiger partial charge on any atom is -0.495 e. The van der Waals surface area contributed by atoms with Crippen LogP contribution in [-0.4, -0.2) is 35.8 Å². The minimum atomic E-state index is -0.283. The van der Waals surface area contributed by atoms with Gasteiger partial charge in [0.1, 0.15) is 5.75 Å². The van der Waals surface area contributed by atoms with E-state index in [1.807, 2.05) is 25.1 Å². The highest BCUT2D eigenvalue weighted by Gasteiger charge is 2.26. The molecule has 0 amide bonds. The summed E-state index contributed by atoms with van der Waals surface area (Å²) in [7, 11) is 1.62. The largest absolute Gasteiger partial charge is 0.495 e. The van der Waals surface area contributed by atoms with Gasteiger partial charge in [0.05, 0.1) is 18.2 Å². The molecule has 0 radical (unpaired) electrons. The Morgan fingerprint density at radius 1 is 1.47 bits per heavy atom. The molecule has 1 aliphatic rings. The topological polar surface area (TPSA) is 32.7 Å². The molecule has 0 aromatic heterocycles. The summed E-state index contributed by atoms with van der Waals surface area (Å²) >= 11 is 6.15. The van der Waals surface area contributed by atoms with Crippen molar-refractivity contribution in [1.29, 1.82) is 0 Å². The summed E-state index contributed by atoms with van der Waals surface area (Å²) in [5.74, 6) is 0.705. The molecule has 2 unspecified atom stereocenters. The molecular weight excluding hydrogens is 262 g/mol. The van der Waals surface area contributed by atoms with Crippen molar-refractivity contribution >= 4 is 11.6 Å². The Balaban J connectivity index is 2.08. The lowest BCUT2D eigenvalue weighted by atomic mass is 9.97. The molecule has 0 aliphatic carbocycles. The van der Waals surface area contributed by atoms with Crippen molar-refractivity contribution in [3.8, 4) is 5.75 Å². The minimum absolute atomic E-state index is 0.259. The monoisotopic (exact) mass is 283 g/mol. The van der Waals surface area contributed by atoms with E-state index >= 15 is 0 Å². The van der Waals surface area contributed by atoms with Gasteiger partial charge in [-0.2, -0.15) is 0 Å². The number of ether oxygens (including phenoxy) is 1. The van der Waals surface area contributed by atoms with E-state index in [0.717, 1.165) is 19.5 Å². The average Bonchev–Trinajstić information content (AvgIpc) is 2.39. The first-order chi connectivity index (χ1) is 9.11. The molecule has 2 rings (SSSR count). The second kappa shape index (κ2) is 6.60. The number of nitrogens with zero attached hydrogens (tertiary/aromatic N) is 1. The van der Waals surface area contributed by atoms with Crippen molar-refractivity contribution in [2.45, 2.75) is 44.9 Å². The number of hydrogen-bond donors (Lipinski definition) is 1. The van der Waals surface area contributed by atoms with E-state index < -0.39 is 0 Å². The molecule has 0 saturated carbocycles. The molecule has 1 saturated heterocycles. The SMILES string of the molecule is COc1ccc(CN2CCCCC2C(C)O)cc1Cl. The molecule has 1 aliphatic heterocycles. The normalized spacial score (nSPS) is 22.2. The quantitative estimate of drug-likeness (QED) is 0.922. The fourth-order valence-electron chi connectivity index (χ4n) is 2.80. The van der Waals surface area contributed by atoms with Crippen LogP contribution in [0.1, 0.15) is 31.7 Å². The molecule has 1 aromatic rings. The molecule has 106 valence electrons. The number of piperidine rings is 1. The molecule has 1 fully saturated rings. The number of aliphatic hydroxyl groups is 1. The molecule has 4 heteroatoms. The summed E-state index contributed by atoms with van der Waals surface area (Å²) in [6.45, 7) is 3.75. The first-order valence-corrected chi connectivity index (χ1v) is 7.24. The van der Waals surface area contributed by atoms with Gasteiger partial charge < -0.3 is 9.84 Å². The zero-order valence-electron chi connectivity index (χ0n) is 11.6. The molecule has 2 atom stereocenters. The molecule has 1 aromatic carbocycles. The molecule has 1 N–H and O–H groups in total. The zero-order valence-corrected chi connectivity index (χ0v) is 12.4. The maximum atomic E-state index is 9.87. The van der Waals surface area contributed by atoms with Gasteiger partial charge in [0.15, 0.2) is 0 Å². The van der Waals surface area contributed by atoms with Crippen LogP contribution in [0.2, 0.25) is 5.02 Å². The van der Waals surface area contributed by atoms with Gasteiger partial charge in [0.25, 0.3) is 0 Å². The van der Waals surface area contributed by atoms with E-state index in [4.69, 9.17) is 16.3 Å². The zero-order chi connectivity index (χ0) is 13.8. The number of methoxy groups -OCH3 is 1. The first-order valence-electron chi connectivity index (χ1n) is 6.86. The van der Waals surface area contributed by atoms with Crippen molar-refractivity contribution in [1.82, 2.24) is 4.90 Å². The van der Waals surface area contributed by atoms with Crippen LogP contribution < -0.4 is 4.74 Å². The maximum absolute atomic E-state index is 9.87. The van der Waals surface area contributed by atoms with Crippen LogP contribution in [0, 0.1) is 0 Å². The Kier molecular flexibility index (Phi) is 5.08. The molecular formula is C15H22ClNO2. The average molecular weight is 284 g/mol. The first kappa shape index (κ1) is 14.6. The number of likely N-dealkylation sites (tertiary alicyclic amines) is 1. The summed E-state index contributed by atoms with van der Waals surface area (Å²) < 4.78 is 5.16. The Morgan fingerprint density at radius 3 is 2.89 bits per heavy atom. The summed E-state index contributed by atoms with van der Waals surface area (Å²) in [5, 5.41) is 10.5. The van der Waals surface area contributed by atoms with Crippen molar-refractivity contribution < 1.29 is 9.84 Å². The second-order valence-electron chi connectivity index (χ2n) is 5.24. The smallest absolute Gasteiger partial charge is 0.137 e. The fraction of sp³-hybridized carbons (Fsp3) is 0.600. The van der Waals surface area contributed by atoms with E-state index in [2.05, 4.69) is 4.90 Å². The Labute approximate surface area is 120 Å². The van der Waals surface area contributed by atoms with E-state index in [1.165, 1.54) is 18.4 Å². The van der Waals surface area contributed by atoms with Gasteiger partial charge in [-0.05, 0) is 44.0 Å². The van der Waals surface area contributed by atoms with Crippen LogP contribution in [0.4, 0.5) is 0 Å². The number of hydrogen-bond acceptors (Lipinski definition) is 3. The number of halogens is 1.